The summed E-state index contributed by atoms with van der Waals surface area (Å²) in [6.07, 6.45) is 0.293. The van der Waals surface area contributed by atoms with Gasteiger partial charge in [0.25, 0.3) is 0 Å². The smallest absolute Gasteiger partial charge is 0.224 e. The fourth-order valence-electron chi connectivity index (χ4n) is 2.64. The van der Waals surface area contributed by atoms with E-state index in [4.69, 9.17) is 4.74 Å². The molecular weight excluding hydrogens is 370 g/mol. The molecule has 28 heavy (non-hydrogen) atoms. The molecule has 0 aliphatic rings. The Morgan fingerprint density at radius 2 is 1.54 bits per heavy atom. The summed E-state index contributed by atoms with van der Waals surface area (Å²) in [5.41, 5.74) is 1.33. The average Bonchev–Trinajstić information content (AvgIpc) is 2.74. The molecular formula is C23H21NO3S. The molecule has 0 radical (unpaired) electrons. The van der Waals surface area contributed by atoms with Crippen LogP contribution in [-0.2, 0) is 4.79 Å². The highest BCUT2D eigenvalue weighted by Gasteiger charge is 2.12. The van der Waals surface area contributed by atoms with Gasteiger partial charge in [-0.25, -0.2) is 0 Å². The molecule has 3 aromatic carbocycles. The van der Waals surface area contributed by atoms with Crippen LogP contribution in [0.25, 0.3) is 0 Å². The molecule has 142 valence electrons. The van der Waals surface area contributed by atoms with Crippen molar-refractivity contribution in [3.05, 3.63) is 84.4 Å². The Bertz CT molecular complexity index is 940. The highest BCUT2D eigenvalue weighted by atomic mass is 32.2. The van der Waals surface area contributed by atoms with Gasteiger partial charge >= 0.3 is 0 Å². The first-order valence-corrected chi connectivity index (χ1v) is 9.76. The molecule has 1 amide bonds. The van der Waals surface area contributed by atoms with E-state index in [1.165, 1.54) is 0 Å². The molecule has 0 fully saturated rings. The van der Waals surface area contributed by atoms with Crippen LogP contribution in [0.2, 0.25) is 0 Å². The average molecular weight is 391 g/mol. The Morgan fingerprint density at radius 3 is 2.25 bits per heavy atom. The number of methoxy groups -OCH3 is 1. The third kappa shape index (κ3) is 5.47. The molecule has 0 aliphatic carbocycles. The first-order valence-electron chi connectivity index (χ1n) is 8.95. The summed E-state index contributed by atoms with van der Waals surface area (Å²) < 4.78 is 5.09. The predicted molar refractivity (Wildman–Crippen MR) is 112 cm³/mol. The Kier molecular flexibility index (Phi) is 6.87. The SMILES string of the molecule is COc1ccc(C(=O)CCC(=O)Nc2ccccc2Sc2ccccc2)cc1. The number of benzene rings is 3. The fraction of sp³-hybridized carbons (Fsp3) is 0.130. The Labute approximate surface area is 168 Å². The number of hydrogen-bond acceptors (Lipinski definition) is 4. The van der Waals surface area contributed by atoms with Crippen molar-refractivity contribution < 1.29 is 14.3 Å². The number of para-hydroxylation sites is 1. The van der Waals surface area contributed by atoms with Gasteiger partial charge in [0.05, 0.1) is 12.8 Å². The van der Waals surface area contributed by atoms with Crippen molar-refractivity contribution in [1.82, 2.24) is 0 Å². The van der Waals surface area contributed by atoms with Gasteiger partial charge in [0.1, 0.15) is 5.75 Å². The lowest BCUT2D eigenvalue weighted by atomic mass is 10.1. The lowest BCUT2D eigenvalue weighted by Gasteiger charge is -2.11. The van der Waals surface area contributed by atoms with Crippen molar-refractivity contribution in [3.63, 3.8) is 0 Å². The molecule has 5 heteroatoms. The second kappa shape index (κ2) is 9.76. The Morgan fingerprint density at radius 1 is 0.857 bits per heavy atom. The Hall–Kier alpha value is -3.05. The summed E-state index contributed by atoms with van der Waals surface area (Å²) in [5, 5.41) is 2.92. The van der Waals surface area contributed by atoms with E-state index >= 15 is 0 Å². The highest BCUT2D eigenvalue weighted by molar-refractivity contribution is 7.99. The number of carbonyl (C=O) groups is 2. The molecule has 0 unspecified atom stereocenters. The number of carbonyl (C=O) groups excluding carboxylic acids is 2. The molecule has 0 saturated heterocycles. The monoisotopic (exact) mass is 391 g/mol. The van der Waals surface area contributed by atoms with Crippen LogP contribution in [0.5, 0.6) is 5.75 Å². The number of nitrogens with one attached hydrogen (secondary N) is 1. The molecule has 0 aliphatic heterocycles. The number of amides is 1. The first-order chi connectivity index (χ1) is 13.7. The van der Waals surface area contributed by atoms with E-state index in [0.29, 0.717) is 11.3 Å². The quantitative estimate of drug-likeness (QED) is 0.519. The van der Waals surface area contributed by atoms with Crippen LogP contribution in [0.15, 0.2) is 88.7 Å². The van der Waals surface area contributed by atoms with Crippen LogP contribution in [-0.4, -0.2) is 18.8 Å². The second-order valence-corrected chi connectivity index (χ2v) is 7.23. The van der Waals surface area contributed by atoms with Crippen LogP contribution < -0.4 is 10.1 Å². The van der Waals surface area contributed by atoms with Gasteiger partial charge < -0.3 is 10.1 Å². The molecule has 0 atom stereocenters. The maximum Gasteiger partial charge on any atom is 0.224 e. The van der Waals surface area contributed by atoms with E-state index in [9.17, 15) is 9.59 Å². The molecule has 1 N–H and O–H groups in total. The number of rotatable bonds is 8. The zero-order valence-electron chi connectivity index (χ0n) is 15.6. The standard InChI is InChI=1S/C23H21NO3S/c1-27-18-13-11-17(12-14-18)21(25)15-16-23(26)24-20-9-5-6-10-22(20)28-19-7-3-2-4-8-19/h2-14H,15-16H2,1H3,(H,24,26). The maximum absolute atomic E-state index is 12.4. The largest absolute Gasteiger partial charge is 0.497 e. The fourth-order valence-corrected chi connectivity index (χ4v) is 3.56. The summed E-state index contributed by atoms with van der Waals surface area (Å²) in [4.78, 5) is 26.7. The van der Waals surface area contributed by atoms with Gasteiger partial charge in [0, 0.05) is 28.2 Å². The molecule has 0 saturated carbocycles. The zero-order chi connectivity index (χ0) is 19.8. The third-order valence-corrected chi connectivity index (χ3v) is 5.21. The molecule has 0 heterocycles. The van der Waals surface area contributed by atoms with E-state index in [1.807, 2.05) is 54.6 Å². The Balaban J connectivity index is 1.58. The predicted octanol–water partition coefficient (Wildman–Crippen LogP) is 5.45. The summed E-state index contributed by atoms with van der Waals surface area (Å²) in [7, 11) is 1.58. The number of anilines is 1. The van der Waals surface area contributed by atoms with Crippen LogP contribution in [0.1, 0.15) is 23.2 Å². The van der Waals surface area contributed by atoms with Crippen molar-refractivity contribution >= 4 is 29.1 Å². The molecule has 3 rings (SSSR count). The minimum Gasteiger partial charge on any atom is -0.497 e. The van der Waals surface area contributed by atoms with Gasteiger partial charge in [-0.15, -0.1) is 0 Å². The van der Waals surface area contributed by atoms with Gasteiger partial charge in [0.2, 0.25) is 5.91 Å². The number of ketones is 1. The summed E-state index contributed by atoms with van der Waals surface area (Å²) >= 11 is 1.59. The first kappa shape index (κ1) is 19.7. The van der Waals surface area contributed by atoms with Gasteiger partial charge in [0.15, 0.2) is 5.78 Å². The molecule has 3 aromatic rings. The van der Waals surface area contributed by atoms with Crippen LogP contribution >= 0.6 is 11.8 Å². The molecule has 0 spiro atoms. The lowest BCUT2D eigenvalue weighted by molar-refractivity contribution is -0.116. The topological polar surface area (TPSA) is 55.4 Å². The molecule has 4 nitrogen and oxygen atoms in total. The minimum atomic E-state index is -0.178. The normalized spacial score (nSPS) is 10.3. The lowest BCUT2D eigenvalue weighted by Crippen LogP contribution is -2.14. The third-order valence-electron chi connectivity index (χ3n) is 4.12. The van der Waals surface area contributed by atoms with Gasteiger partial charge in [-0.3, -0.25) is 9.59 Å². The highest BCUT2D eigenvalue weighted by Crippen LogP contribution is 2.33. The van der Waals surface area contributed by atoms with Crippen molar-refractivity contribution in [1.29, 1.82) is 0 Å². The number of hydrogen-bond donors (Lipinski definition) is 1. The van der Waals surface area contributed by atoms with Crippen molar-refractivity contribution in [2.24, 2.45) is 0 Å². The van der Waals surface area contributed by atoms with Crippen LogP contribution in [0, 0.1) is 0 Å². The molecule has 0 aromatic heterocycles. The van der Waals surface area contributed by atoms with E-state index in [1.54, 1.807) is 43.1 Å². The van der Waals surface area contributed by atoms with Gasteiger partial charge in [-0.2, -0.15) is 0 Å². The van der Waals surface area contributed by atoms with Crippen molar-refractivity contribution in [3.8, 4) is 5.75 Å². The maximum atomic E-state index is 12.4. The molecule has 0 bridgehead atoms. The van der Waals surface area contributed by atoms with E-state index in [-0.39, 0.29) is 24.5 Å². The summed E-state index contributed by atoms with van der Waals surface area (Å²) in [6, 6.07) is 24.5. The summed E-state index contributed by atoms with van der Waals surface area (Å²) in [5.74, 6) is 0.453. The summed E-state index contributed by atoms with van der Waals surface area (Å²) in [6.45, 7) is 0. The van der Waals surface area contributed by atoms with Gasteiger partial charge in [-0.1, -0.05) is 42.1 Å². The van der Waals surface area contributed by atoms with Crippen LogP contribution in [0.4, 0.5) is 5.69 Å². The zero-order valence-corrected chi connectivity index (χ0v) is 16.4. The van der Waals surface area contributed by atoms with E-state index in [2.05, 4.69) is 5.32 Å². The second-order valence-electron chi connectivity index (χ2n) is 6.11. The van der Waals surface area contributed by atoms with Crippen molar-refractivity contribution in [2.75, 3.05) is 12.4 Å². The van der Waals surface area contributed by atoms with Crippen LogP contribution in [0.3, 0.4) is 0 Å². The van der Waals surface area contributed by atoms with Crippen molar-refractivity contribution in [2.45, 2.75) is 22.6 Å². The number of Topliss-reactive ketones (excluding diaryl/α,β-unsaturated/α-hetero) is 1. The van der Waals surface area contributed by atoms with E-state index < -0.39 is 0 Å². The van der Waals surface area contributed by atoms with E-state index in [0.717, 1.165) is 15.5 Å². The van der Waals surface area contributed by atoms with Gasteiger partial charge in [-0.05, 0) is 48.5 Å². The number of ether oxygens (including phenoxy) is 1. The minimum absolute atomic E-state index is 0.0650.